The predicted molar refractivity (Wildman–Crippen MR) is 60.2 cm³/mol. The van der Waals surface area contributed by atoms with Crippen LogP contribution in [0.25, 0.3) is 0 Å². The smallest absolute Gasteiger partial charge is 0.305 e. The molecule has 0 aromatic carbocycles. The molecule has 0 aromatic heterocycles. The van der Waals surface area contributed by atoms with Gasteiger partial charge in [0.15, 0.2) is 0 Å². The maximum atomic E-state index is 11.2. The van der Waals surface area contributed by atoms with Gasteiger partial charge in [-0.15, -0.1) is 0 Å². The van der Waals surface area contributed by atoms with Crippen molar-refractivity contribution in [3.63, 3.8) is 0 Å². The third-order valence-electron chi connectivity index (χ3n) is 1.94. The van der Waals surface area contributed by atoms with Crippen LogP contribution in [0.1, 0.15) is 34.1 Å². The second kappa shape index (κ2) is 6.48. The number of amides is 1. The number of hydrogen-bond acceptors (Lipinski definition) is 3. The number of carboxylic acid groups (broad SMARTS) is 1. The number of carbonyl (C=O) groups is 2. The van der Waals surface area contributed by atoms with Crippen LogP contribution in [-0.2, 0) is 14.3 Å². The van der Waals surface area contributed by atoms with E-state index >= 15 is 0 Å². The summed E-state index contributed by atoms with van der Waals surface area (Å²) in [6.07, 6.45) is -0.0326. The molecule has 0 spiro atoms. The first-order valence-electron chi connectivity index (χ1n) is 5.33. The molecule has 0 rings (SSSR count). The Morgan fingerprint density at radius 3 is 2.19 bits per heavy atom. The first-order valence-corrected chi connectivity index (χ1v) is 5.33. The van der Waals surface area contributed by atoms with Crippen molar-refractivity contribution >= 4 is 11.9 Å². The fraction of sp³-hybridized carbons (Fsp3) is 0.818. The highest BCUT2D eigenvalue weighted by atomic mass is 16.5. The average molecular weight is 231 g/mol. The molecule has 1 N–H and O–H groups in total. The van der Waals surface area contributed by atoms with Gasteiger partial charge in [0.1, 0.15) is 0 Å². The van der Waals surface area contributed by atoms with Gasteiger partial charge in [-0.25, -0.2) is 0 Å². The molecule has 1 amide bonds. The Labute approximate surface area is 96.4 Å². The van der Waals surface area contributed by atoms with Crippen molar-refractivity contribution < 1.29 is 19.4 Å². The number of aliphatic carboxylic acids is 1. The zero-order chi connectivity index (χ0) is 12.8. The maximum Gasteiger partial charge on any atom is 0.305 e. The van der Waals surface area contributed by atoms with Gasteiger partial charge in [-0.3, -0.25) is 9.59 Å². The van der Waals surface area contributed by atoms with E-state index < -0.39 is 5.97 Å². The Bertz CT molecular complexity index is 245. The molecule has 0 aliphatic heterocycles. The van der Waals surface area contributed by atoms with Gasteiger partial charge in [0.05, 0.1) is 18.6 Å². The van der Waals surface area contributed by atoms with Crippen LogP contribution in [-0.4, -0.2) is 47.2 Å². The van der Waals surface area contributed by atoms with Gasteiger partial charge in [0, 0.05) is 20.0 Å². The quantitative estimate of drug-likeness (QED) is 0.744. The van der Waals surface area contributed by atoms with Gasteiger partial charge in [-0.1, -0.05) is 0 Å². The van der Waals surface area contributed by atoms with E-state index in [-0.39, 0.29) is 24.5 Å². The zero-order valence-corrected chi connectivity index (χ0v) is 10.4. The molecule has 94 valence electrons. The van der Waals surface area contributed by atoms with Crippen LogP contribution in [0.3, 0.4) is 0 Å². The molecule has 0 saturated carbocycles. The van der Waals surface area contributed by atoms with Crippen molar-refractivity contribution in [3.8, 4) is 0 Å². The number of nitrogens with zero attached hydrogens (tertiary/aromatic N) is 1. The van der Waals surface area contributed by atoms with Crippen LogP contribution < -0.4 is 0 Å². The molecule has 16 heavy (non-hydrogen) atoms. The summed E-state index contributed by atoms with van der Waals surface area (Å²) in [7, 11) is 0. The summed E-state index contributed by atoms with van der Waals surface area (Å²) in [5.41, 5.74) is -0.241. The van der Waals surface area contributed by atoms with Crippen molar-refractivity contribution in [1.82, 2.24) is 4.90 Å². The second-order valence-electron chi connectivity index (χ2n) is 4.61. The minimum atomic E-state index is -0.900. The third kappa shape index (κ3) is 8.23. The fourth-order valence-electron chi connectivity index (χ4n) is 1.12. The van der Waals surface area contributed by atoms with E-state index in [1.165, 1.54) is 11.8 Å². The molecular formula is C11H21NO4. The summed E-state index contributed by atoms with van der Waals surface area (Å²) in [6, 6.07) is 0. The number of ether oxygens (including phenoxy) is 1. The number of carbonyl (C=O) groups excluding carboxylic acids is 1. The molecule has 0 heterocycles. The average Bonchev–Trinajstić information content (AvgIpc) is 2.07. The molecule has 0 aliphatic carbocycles. The standard InChI is InChI=1S/C11H21NO4/c1-9(13)12(6-5-10(14)15)7-8-16-11(2,3)4/h5-8H2,1-4H3,(H,14,15). The largest absolute Gasteiger partial charge is 0.481 e. The Morgan fingerprint density at radius 2 is 1.81 bits per heavy atom. The van der Waals surface area contributed by atoms with Gasteiger partial charge in [-0.05, 0) is 20.8 Å². The minimum absolute atomic E-state index is 0.0326. The van der Waals surface area contributed by atoms with Crippen LogP contribution in [0.15, 0.2) is 0 Å². The van der Waals surface area contributed by atoms with E-state index in [4.69, 9.17) is 9.84 Å². The number of carboxylic acids is 1. The Kier molecular flexibility index (Phi) is 6.03. The highest BCUT2D eigenvalue weighted by Crippen LogP contribution is 2.06. The van der Waals surface area contributed by atoms with E-state index in [0.717, 1.165) is 0 Å². The molecule has 0 radical (unpaired) electrons. The van der Waals surface area contributed by atoms with E-state index in [2.05, 4.69) is 0 Å². The SMILES string of the molecule is CC(=O)N(CCOC(C)(C)C)CCC(=O)O. The molecular weight excluding hydrogens is 210 g/mol. The summed E-state index contributed by atoms with van der Waals surface area (Å²) in [5, 5.41) is 8.53. The number of hydrogen-bond donors (Lipinski definition) is 1. The first kappa shape index (κ1) is 14.9. The summed E-state index contributed by atoms with van der Waals surface area (Å²) < 4.78 is 5.48. The highest BCUT2D eigenvalue weighted by Gasteiger charge is 2.13. The molecule has 0 bridgehead atoms. The fourth-order valence-corrected chi connectivity index (χ4v) is 1.12. The molecule has 0 atom stereocenters. The van der Waals surface area contributed by atoms with E-state index in [9.17, 15) is 9.59 Å². The molecule has 0 aromatic rings. The zero-order valence-electron chi connectivity index (χ0n) is 10.4. The molecule has 0 saturated heterocycles. The Balaban J connectivity index is 3.95. The summed E-state index contributed by atoms with van der Waals surface area (Å²) in [5.74, 6) is -1.03. The lowest BCUT2D eigenvalue weighted by molar-refractivity contribution is -0.138. The topological polar surface area (TPSA) is 66.8 Å². The van der Waals surface area contributed by atoms with E-state index in [0.29, 0.717) is 13.2 Å². The molecule has 0 fully saturated rings. The van der Waals surface area contributed by atoms with Crippen LogP contribution in [0.2, 0.25) is 0 Å². The monoisotopic (exact) mass is 231 g/mol. The van der Waals surface area contributed by atoms with Crippen LogP contribution in [0, 0.1) is 0 Å². The normalized spacial score (nSPS) is 11.2. The summed E-state index contributed by atoms with van der Waals surface area (Å²) in [4.78, 5) is 23.1. The second-order valence-corrected chi connectivity index (χ2v) is 4.61. The van der Waals surface area contributed by atoms with Crippen molar-refractivity contribution in [2.45, 2.75) is 39.7 Å². The van der Waals surface area contributed by atoms with Gasteiger partial charge in [-0.2, -0.15) is 0 Å². The van der Waals surface area contributed by atoms with Crippen LogP contribution in [0.4, 0.5) is 0 Å². The lowest BCUT2D eigenvalue weighted by Gasteiger charge is -2.24. The Hall–Kier alpha value is -1.10. The van der Waals surface area contributed by atoms with Crippen molar-refractivity contribution in [2.75, 3.05) is 19.7 Å². The highest BCUT2D eigenvalue weighted by molar-refractivity contribution is 5.74. The Morgan fingerprint density at radius 1 is 1.25 bits per heavy atom. The van der Waals surface area contributed by atoms with Crippen LogP contribution >= 0.6 is 0 Å². The van der Waals surface area contributed by atoms with Gasteiger partial charge >= 0.3 is 5.97 Å². The van der Waals surface area contributed by atoms with Crippen molar-refractivity contribution in [3.05, 3.63) is 0 Å². The maximum absolute atomic E-state index is 11.2. The van der Waals surface area contributed by atoms with Gasteiger partial charge in [0.25, 0.3) is 0 Å². The lowest BCUT2D eigenvalue weighted by atomic mass is 10.2. The van der Waals surface area contributed by atoms with Crippen LogP contribution in [0.5, 0.6) is 0 Å². The summed E-state index contributed by atoms with van der Waals surface area (Å²) in [6.45, 7) is 8.31. The molecule has 5 nitrogen and oxygen atoms in total. The third-order valence-corrected chi connectivity index (χ3v) is 1.94. The van der Waals surface area contributed by atoms with Gasteiger partial charge < -0.3 is 14.7 Å². The van der Waals surface area contributed by atoms with Crippen molar-refractivity contribution in [2.24, 2.45) is 0 Å². The van der Waals surface area contributed by atoms with Gasteiger partial charge in [0.2, 0.25) is 5.91 Å². The minimum Gasteiger partial charge on any atom is -0.481 e. The van der Waals surface area contributed by atoms with E-state index in [1.807, 2.05) is 20.8 Å². The molecule has 0 unspecified atom stereocenters. The van der Waals surface area contributed by atoms with E-state index in [1.54, 1.807) is 0 Å². The summed E-state index contributed by atoms with van der Waals surface area (Å²) >= 11 is 0. The first-order chi connectivity index (χ1) is 7.22. The lowest BCUT2D eigenvalue weighted by Crippen LogP contribution is -2.35. The number of rotatable bonds is 6. The molecule has 5 heteroatoms. The van der Waals surface area contributed by atoms with Crippen molar-refractivity contribution in [1.29, 1.82) is 0 Å². The molecule has 0 aliphatic rings. The predicted octanol–water partition coefficient (Wildman–Crippen LogP) is 1.12.